The number of carbonyl (C=O) groups is 1. The average Bonchev–Trinajstić information content (AvgIpc) is 3.32. The molecule has 0 aliphatic rings. The first-order valence-corrected chi connectivity index (χ1v) is 11.2. The molecule has 0 bridgehead atoms. The molecule has 0 saturated heterocycles. The largest absolute Gasteiger partial charge is 0.497 e. The number of benzene rings is 2. The van der Waals surface area contributed by atoms with Crippen molar-refractivity contribution in [1.82, 2.24) is 9.97 Å². The number of hydrogen-bond donors (Lipinski definition) is 1. The van der Waals surface area contributed by atoms with Crippen molar-refractivity contribution in [3.8, 4) is 17.0 Å². The molecule has 28 heavy (non-hydrogen) atoms. The van der Waals surface area contributed by atoms with Gasteiger partial charge in [-0.05, 0) is 25.1 Å². The van der Waals surface area contributed by atoms with Gasteiger partial charge in [0.05, 0.1) is 28.8 Å². The van der Waals surface area contributed by atoms with Crippen molar-refractivity contribution in [1.29, 1.82) is 0 Å². The summed E-state index contributed by atoms with van der Waals surface area (Å²) in [5.41, 5.74) is 4.09. The van der Waals surface area contributed by atoms with Crippen LogP contribution in [-0.4, -0.2) is 28.7 Å². The molecule has 0 fully saturated rings. The van der Waals surface area contributed by atoms with E-state index in [2.05, 4.69) is 46.5 Å². The number of rotatable bonds is 6. The summed E-state index contributed by atoms with van der Waals surface area (Å²) in [6, 6.07) is 13.9. The van der Waals surface area contributed by atoms with Gasteiger partial charge in [-0.2, -0.15) is 0 Å². The van der Waals surface area contributed by atoms with E-state index in [1.54, 1.807) is 18.4 Å². The van der Waals surface area contributed by atoms with Crippen molar-refractivity contribution in [3.63, 3.8) is 0 Å². The molecule has 0 spiro atoms. The minimum atomic E-state index is -0.0943. The van der Waals surface area contributed by atoms with E-state index in [9.17, 15) is 4.79 Å². The van der Waals surface area contributed by atoms with Gasteiger partial charge in [0, 0.05) is 10.9 Å². The molecular weight excluding hydrogens is 410 g/mol. The highest BCUT2D eigenvalue weighted by Crippen LogP contribution is 2.30. The minimum absolute atomic E-state index is 0.0943. The molecule has 2 heterocycles. The van der Waals surface area contributed by atoms with Gasteiger partial charge in [-0.3, -0.25) is 4.79 Å². The van der Waals surface area contributed by atoms with Crippen LogP contribution in [-0.2, 0) is 4.79 Å². The summed E-state index contributed by atoms with van der Waals surface area (Å²) in [5, 5.41) is 5.48. The molecule has 0 aliphatic carbocycles. The van der Waals surface area contributed by atoms with Crippen LogP contribution in [0.25, 0.3) is 21.5 Å². The molecule has 5 nitrogen and oxygen atoms in total. The molecule has 4 rings (SSSR count). The molecule has 0 saturated carbocycles. The first-order chi connectivity index (χ1) is 13.6. The van der Waals surface area contributed by atoms with E-state index in [1.165, 1.54) is 28.7 Å². The molecule has 4 aromatic rings. The number of anilines is 1. The average molecular weight is 428 g/mol. The number of nitrogens with one attached hydrogen (secondary N) is 1. The van der Waals surface area contributed by atoms with E-state index < -0.39 is 0 Å². The molecule has 8 heteroatoms. The number of amides is 1. The van der Waals surface area contributed by atoms with Crippen molar-refractivity contribution in [2.75, 3.05) is 18.2 Å². The molecule has 0 unspecified atom stereocenters. The number of thioether (sulfide) groups is 1. The third-order valence-corrected chi connectivity index (χ3v) is 6.95. The van der Waals surface area contributed by atoms with Gasteiger partial charge < -0.3 is 10.1 Å². The number of methoxy groups -OCH3 is 1. The second kappa shape index (κ2) is 8.30. The smallest absolute Gasteiger partial charge is 0.236 e. The van der Waals surface area contributed by atoms with Crippen LogP contribution in [0.1, 0.15) is 5.56 Å². The van der Waals surface area contributed by atoms with E-state index in [0.29, 0.717) is 10.9 Å². The maximum absolute atomic E-state index is 12.3. The Hall–Kier alpha value is -2.42. The van der Waals surface area contributed by atoms with Crippen molar-refractivity contribution in [2.45, 2.75) is 11.3 Å². The van der Waals surface area contributed by atoms with Gasteiger partial charge in [0.1, 0.15) is 5.75 Å². The number of nitrogens with zero attached hydrogens (tertiary/aromatic N) is 2. The van der Waals surface area contributed by atoms with Gasteiger partial charge in [-0.25, -0.2) is 9.97 Å². The van der Waals surface area contributed by atoms with E-state index in [0.717, 1.165) is 31.6 Å². The molecule has 142 valence electrons. The fourth-order valence-electron chi connectivity index (χ4n) is 2.55. The van der Waals surface area contributed by atoms with Crippen LogP contribution in [0.5, 0.6) is 5.75 Å². The maximum atomic E-state index is 12.3. The zero-order valence-electron chi connectivity index (χ0n) is 15.3. The van der Waals surface area contributed by atoms with Gasteiger partial charge in [0.15, 0.2) is 9.47 Å². The van der Waals surface area contributed by atoms with Gasteiger partial charge in [-0.1, -0.05) is 52.9 Å². The zero-order chi connectivity index (χ0) is 19.5. The molecule has 0 aliphatic heterocycles. The van der Waals surface area contributed by atoms with Crippen LogP contribution in [0.4, 0.5) is 5.13 Å². The summed E-state index contributed by atoms with van der Waals surface area (Å²) in [6.07, 6.45) is 0. The number of ether oxygens (including phenoxy) is 1. The second-order valence-electron chi connectivity index (χ2n) is 6.05. The Morgan fingerprint density at radius 3 is 2.79 bits per heavy atom. The molecule has 1 amide bonds. The van der Waals surface area contributed by atoms with Crippen molar-refractivity contribution in [3.05, 3.63) is 53.4 Å². The molecule has 0 radical (unpaired) electrons. The Morgan fingerprint density at radius 2 is 2.00 bits per heavy atom. The lowest BCUT2D eigenvalue weighted by atomic mass is 10.1. The van der Waals surface area contributed by atoms with Crippen molar-refractivity contribution >= 4 is 55.7 Å². The van der Waals surface area contributed by atoms with E-state index in [-0.39, 0.29) is 5.91 Å². The zero-order valence-corrected chi connectivity index (χ0v) is 17.7. The highest BCUT2D eigenvalue weighted by molar-refractivity contribution is 8.01. The summed E-state index contributed by atoms with van der Waals surface area (Å²) in [7, 11) is 1.63. The predicted octanol–water partition coefficient (Wildman–Crippen LogP) is 5.47. The summed E-state index contributed by atoms with van der Waals surface area (Å²) < 4.78 is 7.07. The highest BCUT2D eigenvalue weighted by Gasteiger charge is 2.11. The standard InChI is InChI=1S/C20H17N3O2S3/c1-12-3-5-13(6-4-12)16-10-26-20(22-16)27-11-18(24)23-19-21-15-8-7-14(25-2)9-17(15)28-19/h3-10H,11H2,1-2H3,(H,21,23,24). The Bertz CT molecular complexity index is 1120. The first kappa shape index (κ1) is 18.9. The Labute approximate surface area is 174 Å². The SMILES string of the molecule is COc1ccc2nc(NC(=O)CSc3nc(-c4ccc(C)cc4)cs3)sc2c1. The van der Waals surface area contributed by atoms with E-state index >= 15 is 0 Å². The lowest BCUT2D eigenvalue weighted by Crippen LogP contribution is -2.13. The van der Waals surface area contributed by atoms with E-state index in [1.807, 2.05) is 23.6 Å². The second-order valence-corrected chi connectivity index (χ2v) is 9.17. The molecule has 1 N–H and O–H groups in total. The van der Waals surface area contributed by atoms with Crippen LogP contribution >= 0.6 is 34.4 Å². The third kappa shape index (κ3) is 4.35. The number of aromatic nitrogens is 2. The minimum Gasteiger partial charge on any atom is -0.497 e. The van der Waals surface area contributed by atoms with Gasteiger partial charge >= 0.3 is 0 Å². The number of aryl methyl sites for hydroxylation is 1. The van der Waals surface area contributed by atoms with Crippen molar-refractivity contribution in [2.24, 2.45) is 0 Å². The monoisotopic (exact) mass is 427 g/mol. The fraction of sp³-hybridized carbons (Fsp3) is 0.150. The number of carbonyl (C=O) groups excluding carboxylic acids is 1. The van der Waals surface area contributed by atoms with Crippen LogP contribution in [0, 0.1) is 6.92 Å². The normalized spacial score (nSPS) is 10.9. The number of fused-ring (bicyclic) bond motifs is 1. The van der Waals surface area contributed by atoms with Crippen LogP contribution in [0.15, 0.2) is 52.2 Å². The van der Waals surface area contributed by atoms with Gasteiger partial charge in [0.2, 0.25) is 5.91 Å². The van der Waals surface area contributed by atoms with Crippen LogP contribution in [0.3, 0.4) is 0 Å². The van der Waals surface area contributed by atoms with E-state index in [4.69, 9.17) is 4.74 Å². The summed E-state index contributed by atoms with van der Waals surface area (Å²) in [5.74, 6) is 0.973. The first-order valence-electron chi connectivity index (χ1n) is 8.50. The predicted molar refractivity (Wildman–Crippen MR) is 118 cm³/mol. The number of thiazole rings is 2. The molecule has 2 aromatic heterocycles. The highest BCUT2D eigenvalue weighted by atomic mass is 32.2. The van der Waals surface area contributed by atoms with Gasteiger partial charge in [0.25, 0.3) is 0 Å². The van der Waals surface area contributed by atoms with Crippen LogP contribution < -0.4 is 10.1 Å². The Morgan fingerprint density at radius 1 is 1.18 bits per heavy atom. The topological polar surface area (TPSA) is 64.1 Å². The lowest BCUT2D eigenvalue weighted by Gasteiger charge is -1.99. The number of hydrogen-bond acceptors (Lipinski definition) is 7. The summed E-state index contributed by atoms with van der Waals surface area (Å²) >= 11 is 4.42. The van der Waals surface area contributed by atoms with Crippen LogP contribution in [0.2, 0.25) is 0 Å². The third-order valence-electron chi connectivity index (χ3n) is 4.00. The summed E-state index contributed by atoms with van der Waals surface area (Å²) in [4.78, 5) is 21.3. The molecule has 2 aromatic carbocycles. The maximum Gasteiger partial charge on any atom is 0.236 e. The fourth-order valence-corrected chi connectivity index (χ4v) is 5.09. The Kier molecular flexibility index (Phi) is 5.61. The van der Waals surface area contributed by atoms with Crippen molar-refractivity contribution < 1.29 is 9.53 Å². The quantitative estimate of drug-likeness (QED) is 0.414. The Balaban J connectivity index is 1.36. The summed E-state index contributed by atoms with van der Waals surface area (Å²) in [6.45, 7) is 2.06. The molecule has 0 atom stereocenters. The van der Waals surface area contributed by atoms with Gasteiger partial charge in [-0.15, -0.1) is 11.3 Å². The molecular formula is C20H17N3O2S3. The lowest BCUT2D eigenvalue weighted by molar-refractivity contribution is -0.113.